The van der Waals surface area contributed by atoms with E-state index in [0.29, 0.717) is 22.5 Å². The van der Waals surface area contributed by atoms with Crippen molar-refractivity contribution in [2.75, 3.05) is 11.5 Å². The molecule has 4 aromatic carbocycles. The van der Waals surface area contributed by atoms with Crippen molar-refractivity contribution < 1.29 is 16.8 Å². The lowest BCUT2D eigenvalue weighted by molar-refractivity contribution is 0.592. The van der Waals surface area contributed by atoms with E-state index in [0.717, 1.165) is 10.8 Å². The lowest BCUT2D eigenvalue weighted by Gasteiger charge is -2.12. The van der Waals surface area contributed by atoms with Crippen LogP contribution in [0.2, 0.25) is 0 Å². The molecule has 0 bridgehead atoms. The highest BCUT2D eigenvalue weighted by molar-refractivity contribution is 7.97. The molecule has 38 heavy (non-hydrogen) atoms. The lowest BCUT2D eigenvalue weighted by atomic mass is 10.2. The molecule has 0 heterocycles. The van der Waals surface area contributed by atoms with Gasteiger partial charge in [-0.25, -0.2) is 16.8 Å². The Hall–Kier alpha value is -4.54. The predicted octanol–water partition coefficient (Wildman–Crippen LogP) is 6.16. The van der Waals surface area contributed by atoms with E-state index < -0.39 is 29.5 Å². The first-order valence-corrected chi connectivity index (χ1v) is 14.4. The number of azo groups is 1. The van der Waals surface area contributed by atoms with E-state index >= 15 is 0 Å². The molecule has 0 aliphatic heterocycles. The summed E-state index contributed by atoms with van der Waals surface area (Å²) in [5.74, 6) is 0. The Morgan fingerprint density at radius 2 is 1.05 bits per heavy atom. The van der Waals surface area contributed by atoms with Crippen molar-refractivity contribution in [3.05, 3.63) is 119 Å². The van der Waals surface area contributed by atoms with Gasteiger partial charge in [0.05, 0.1) is 11.4 Å². The first-order valence-electron chi connectivity index (χ1n) is 11.3. The average Bonchev–Trinajstić information content (AvgIpc) is 2.92. The molecule has 0 atom stereocenters. The number of sulfone groups is 2. The molecular formula is C28H24N4O4S2. The molecule has 10 heteroatoms. The first-order chi connectivity index (χ1) is 18.2. The molecule has 0 aliphatic rings. The van der Waals surface area contributed by atoms with E-state index in [1.54, 1.807) is 84.9 Å². The quantitative estimate of drug-likeness (QED) is 0.201. The normalized spacial score (nSPS) is 12.5. The van der Waals surface area contributed by atoms with E-state index in [1.807, 2.05) is 0 Å². The van der Waals surface area contributed by atoms with Crippen LogP contribution in [-0.2, 0) is 19.7 Å². The third-order valence-electron chi connectivity index (χ3n) is 5.34. The van der Waals surface area contributed by atoms with Crippen LogP contribution < -0.4 is 11.5 Å². The third-order valence-corrected chi connectivity index (χ3v) is 8.44. The highest BCUT2D eigenvalue weighted by atomic mass is 32.2. The maximum absolute atomic E-state index is 13.6. The second-order valence-electron chi connectivity index (χ2n) is 8.14. The van der Waals surface area contributed by atoms with Crippen molar-refractivity contribution >= 4 is 54.6 Å². The largest absolute Gasteiger partial charge is 0.399 e. The van der Waals surface area contributed by atoms with Gasteiger partial charge in [-0.3, -0.25) is 0 Å². The van der Waals surface area contributed by atoms with Crippen LogP contribution in [0.15, 0.2) is 128 Å². The molecule has 0 amide bonds. The van der Waals surface area contributed by atoms with Crippen molar-refractivity contribution in [2.45, 2.75) is 9.79 Å². The van der Waals surface area contributed by atoms with E-state index in [4.69, 9.17) is 11.5 Å². The summed E-state index contributed by atoms with van der Waals surface area (Å²) in [6.07, 6.45) is 2.74. The van der Waals surface area contributed by atoms with Crippen LogP contribution in [0, 0.1) is 0 Å². The molecule has 0 saturated heterocycles. The zero-order valence-electron chi connectivity index (χ0n) is 20.0. The Balaban J connectivity index is 1.89. The second-order valence-corrected chi connectivity index (χ2v) is 11.7. The van der Waals surface area contributed by atoms with E-state index in [9.17, 15) is 16.8 Å². The van der Waals surface area contributed by atoms with Gasteiger partial charge in [0.15, 0.2) is 0 Å². The van der Waals surface area contributed by atoms with Crippen LogP contribution >= 0.6 is 0 Å². The highest BCUT2D eigenvalue weighted by Crippen LogP contribution is 2.38. The molecule has 0 fully saturated rings. The zero-order valence-corrected chi connectivity index (χ0v) is 21.7. The van der Waals surface area contributed by atoms with Crippen LogP contribution in [0.4, 0.5) is 22.7 Å². The van der Waals surface area contributed by atoms with Gasteiger partial charge in [-0.1, -0.05) is 60.7 Å². The molecule has 0 saturated carbocycles. The first kappa shape index (κ1) is 26.5. The van der Waals surface area contributed by atoms with Crippen LogP contribution in [0.5, 0.6) is 0 Å². The monoisotopic (exact) mass is 544 g/mol. The summed E-state index contributed by atoms with van der Waals surface area (Å²) in [7, 11) is -8.70. The summed E-state index contributed by atoms with van der Waals surface area (Å²) in [5.41, 5.74) is 13.5. The second kappa shape index (κ2) is 11.2. The van der Waals surface area contributed by atoms with Crippen LogP contribution in [0.25, 0.3) is 12.2 Å². The van der Waals surface area contributed by atoms with Gasteiger partial charge in [0.25, 0.3) is 0 Å². The molecule has 0 spiro atoms. The summed E-state index contributed by atoms with van der Waals surface area (Å²) in [6.45, 7) is 0. The van der Waals surface area contributed by atoms with Gasteiger partial charge in [0.2, 0.25) is 19.7 Å². The molecule has 4 N–H and O–H groups in total. The Labute approximate surface area is 221 Å². The van der Waals surface area contributed by atoms with Crippen molar-refractivity contribution in [1.29, 1.82) is 0 Å². The number of hydrogen-bond donors (Lipinski definition) is 2. The minimum Gasteiger partial charge on any atom is -0.399 e. The Kier molecular flexibility index (Phi) is 7.85. The highest BCUT2D eigenvalue weighted by Gasteiger charge is 2.30. The molecule has 0 unspecified atom stereocenters. The van der Waals surface area contributed by atoms with E-state index in [-0.39, 0.29) is 11.4 Å². The van der Waals surface area contributed by atoms with Gasteiger partial charge < -0.3 is 11.5 Å². The number of nitrogens with two attached hydrogens (primary N) is 2. The van der Waals surface area contributed by atoms with Crippen LogP contribution in [-0.4, -0.2) is 16.8 Å². The van der Waals surface area contributed by atoms with Gasteiger partial charge in [-0.05, 0) is 59.7 Å². The van der Waals surface area contributed by atoms with Crippen LogP contribution in [0.3, 0.4) is 0 Å². The van der Waals surface area contributed by atoms with Crippen molar-refractivity contribution in [2.24, 2.45) is 10.2 Å². The van der Waals surface area contributed by atoms with E-state index in [1.165, 1.54) is 24.3 Å². The summed E-state index contributed by atoms with van der Waals surface area (Å²) in [6, 6.07) is 26.5. The molecule has 0 aliphatic carbocycles. The Bertz CT molecular complexity index is 1730. The van der Waals surface area contributed by atoms with Gasteiger partial charge in [-0.2, -0.15) is 5.11 Å². The molecule has 192 valence electrons. The molecular weight excluding hydrogens is 520 g/mol. The predicted molar refractivity (Wildman–Crippen MR) is 151 cm³/mol. The minimum atomic E-state index is -4.37. The van der Waals surface area contributed by atoms with Gasteiger partial charge in [0, 0.05) is 16.5 Å². The fourth-order valence-electron chi connectivity index (χ4n) is 3.47. The minimum absolute atomic E-state index is 0.180. The Morgan fingerprint density at radius 1 is 0.553 bits per heavy atom. The molecule has 4 rings (SSSR count). The average molecular weight is 545 g/mol. The summed E-state index contributed by atoms with van der Waals surface area (Å²) >= 11 is 0. The number of hydrogen-bond acceptors (Lipinski definition) is 8. The topological polar surface area (TPSA) is 145 Å². The number of nitrogens with zero attached hydrogens (tertiary/aromatic N) is 2. The molecule has 8 nitrogen and oxygen atoms in total. The smallest absolute Gasteiger partial charge is 0.203 e. The summed E-state index contributed by atoms with van der Waals surface area (Å²) in [5, 5.41) is 10.0. The molecule has 0 radical (unpaired) electrons. The van der Waals surface area contributed by atoms with Crippen molar-refractivity contribution in [1.82, 2.24) is 0 Å². The molecule has 4 aromatic rings. The van der Waals surface area contributed by atoms with Crippen molar-refractivity contribution in [3.8, 4) is 0 Å². The number of rotatable bonds is 8. The fourth-order valence-corrected chi connectivity index (χ4v) is 6.65. The number of benzene rings is 4. The van der Waals surface area contributed by atoms with Gasteiger partial charge in [0.1, 0.15) is 15.5 Å². The van der Waals surface area contributed by atoms with Crippen molar-refractivity contribution in [3.63, 3.8) is 0 Å². The maximum Gasteiger partial charge on any atom is 0.203 e. The Morgan fingerprint density at radius 3 is 1.58 bits per heavy atom. The van der Waals surface area contributed by atoms with Gasteiger partial charge in [-0.15, -0.1) is 5.11 Å². The maximum atomic E-state index is 13.6. The summed E-state index contributed by atoms with van der Waals surface area (Å²) in [4.78, 5) is -1.14. The zero-order chi connectivity index (χ0) is 27.2. The molecule has 0 aromatic heterocycles. The van der Waals surface area contributed by atoms with Crippen LogP contribution in [0.1, 0.15) is 11.1 Å². The lowest BCUT2D eigenvalue weighted by Crippen LogP contribution is -2.10. The fraction of sp³-hybridized carbons (Fsp3) is 0. The standard InChI is InChI=1S/C28H24N4O4S2/c29-23-11-13-24(14-12-23)31-32-26-16-15-25(30)27(37(33,34)19-17-21-7-3-1-4-8-21)28(26)38(35,36)20-18-22-9-5-2-6-10-22/h1-20H,29-30H2. The SMILES string of the molecule is Nc1ccc(N=Nc2ccc(N)c(S(=O)(=O)C=Cc3ccccc3)c2S(=O)(=O)C=Cc2ccccc2)cc1. The van der Waals surface area contributed by atoms with Gasteiger partial charge >= 0.3 is 0 Å². The summed E-state index contributed by atoms with van der Waals surface area (Å²) < 4.78 is 54.2. The number of anilines is 2. The third kappa shape index (κ3) is 6.41. The number of nitrogen functional groups attached to an aromatic ring is 2. The van der Waals surface area contributed by atoms with E-state index in [2.05, 4.69) is 10.2 Å².